The van der Waals surface area contributed by atoms with Gasteiger partial charge in [-0.15, -0.1) is 11.3 Å². The highest BCUT2D eigenvalue weighted by atomic mass is 32.2. The number of rotatable bonds is 6. The first kappa shape index (κ1) is 16.8. The van der Waals surface area contributed by atoms with Gasteiger partial charge >= 0.3 is 5.97 Å². The fourth-order valence-corrected chi connectivity index (χ4v) is 3.76. The maximum absolute atomic E-state index is 11.9. The second kappa shape index (κ2) is 7.72. The zero-order valence-electron chi connectivity index (χ0n) is 13.6. The van der Waals surface area contributed by atoms with Crippen LogP contribution in [-0.4, -0.2) is 21.7 Å². The van der Waals surface area contributed by atoms with Crippen LogP contribution in [0.15, 0.2) is 69.6 Å². The van der Waals surface area contributed by atoms with E-state index >= 15 is 0 Å². The molecule has 5 nitrogen and oxygen atoms in total. The molecule has 0 aliphatic rings. The van der Waals surface area contributed by atoms with Gasteiger partial charge in [0.25, 0.3) is 5.22 Å². The molecular formula is C19H14N2O3S2. The highest BCUT2D eigenvalue weighted by molar-refractivity contribution is 7.99. The van der Waals surface area contributed by atoms with Crippen LogP contribution in [0.1, 0.15) is 5.69 Å². The maximum atomic E-state index is 11.9. The smallest absolute Gasteiger partial charge is 0.316 e. The zero-order chi connectivity index (χ0) is 17.8. The molecule has 0 atom stereocenters. The number of carbonyl (C=O) groups is 1. The Morgan fingerprint density at radius 3 is 2.73 bits per heavy atom. The van der Waals surface area contributed by atoms with Crippen LogP contribution in [-0.2, 0) is 16.1 Å². The van der Waals surface area contributed by atoms with Gasteiger partial charge in [0.1, 0.15) is 22.9 Å². The van der Waals surface area contributed by atoms with Crippen molar-refractivity contribution in [3.8, 4) is 10.6 Å². The molecule has 0 amide bonds. The molecule has 0 saturated carbocycles. The van der Waals surface area contributed by atoms with Crippen LogP contribution >= 0.6 is 23.1 Å². The van der Waals surface area contributed by atoms with Gasteiger partial charge in [-0.25, -0.2) is 9.97 Å². The van der Waals surface area contributed by atoms with Crippen LogP contribution in [0.3, 0.4) is 0 Å². The first-order valence-electron chi connectivity index (χ1n) is 7.92. The molecule has 4 aromatic rings. The standard InChI is InChI=1S/C19H14N2O3S2/c22-17(12-26-19-21-15-8-4-5-9-16(15)24-19)23-10-14-11-25-18(20-14)13-6-2-1-3-7-13/h1-9,11H,10,12H2. The second-order valence-corrected chi connectivity index (χ2v) is 7.19. The van der Waals surface area contributed by atoms with Crippen molar-refractivity contribution in [2.45, 2.75) is 11.8 Å². The summed E-state index contributed by atoms with van der Waals surface area (Å²) in [6.07, 6.45) is 0. The summed E-state index contributed by atoms with van der Waals surface area (Å²) in [4.78, 5) is 20.8. The normalized spacial score (nSPS) is 10.9. The molecule has 26 heavy (non-hydrogen) atoms. The summed E-state index contributed by atoms with van der Waals surface area (Å²) in [6, 6.07) is 17.4. The lowest BCUT2D eigenvalue weighted by Gasteiger charge is -2.01. The number of thioether (sulfide) groups is 1. The molecule has 130 valence electrons. The number of benzene rings is 2. The number of fused-ring (bicyclic) bond motifs is 1. The molecule has 0 saturated heterocycles. The van der Waals surface area contributed by atoms with Gasteiger partial charge in [0, 0.05) is 10.9 Å². The van der Waals surface area contributed by atoms with Crippen molar-refractivity contribution in [1.82, 2.24) is 9.97 Å². The first-order chi connectivity index (χ1) is 12.8. The fraction of sp³-hybridized carbons (Fsp3) is 0.105. The van der Waals surface area contributed by atoms with Gasteiger partial charge in [-0.3, -0.25) is 4.79 Å². The average molecular weight is 382 g/mol. The lowest BCUT2D eigenvalue weighted by atomic mass is 10.2. The second-order valence-electron chi connectivity index (χ2n) is 5.41. The van der Waals surface area contributed by atoms with E-state index in [2.05, 4.69) is 9.97 Å². The van der Waals surface area contributed by atoms with Gasteiger partial charge in [-0.1, -0.05) is 54.2 Å². The van der Waals surface area contributed by atoms with Crippen molar-refractivity contribution in [3.05, 3.63) is 65.7 Å². The van der Waals surface area contributed by atoms with E-state index in [4.69, 9.17) is 9.15 Å². The highest BCUT2D eigenvalue weighted by Crippen LogP contribution is 2.25. The third kappa shape index (κ3) is 3.95. The summed E-state index contributed by atoms with van der Waals surface area (Å²) < 4.78 is 10.9. The van der Waals surface area contributed by atoms with Crippen LogP contribution in [0.5, 0.6) is 0 Å². The van der Waals surface area contributed by atoms with E-state index in [9.17, 15) is 4.79 Å². The summed E-state index contributed by atoms with van der Waals surface area (Å²) >= 11 is 2.76. The molecule has 0 fully saturated rings. The van der Waals surface area contributed by atoms with E-state index in [0.29, 0.717) is 10.8 Å². The van der Waals surface area contributed by atoms with Crippen molar-refractivity contribution < 1.29 is 13.9 Å². The predicted molar refractivity (Wildman–Crippen MR) is 102 cm³/mol. The van der Waals surface area contributed by atoms with Crippen molar-refractivity contribution in [2.24, 2.45) is 0 Å². The molecule has 2 aromatic carbocycles. The lowest BCUT2D eigenvalue weighted by molar-refractivity contribution is -0.141. The number of nitrogens with zero attached hydrogens (tertiary/aromatic N) is 2. The Balaban J connectivity index is 1.29. The Morgan fingerprint density at radius 2 is 1.88 bits per heavy atom. The third-order valence-electron chi connectivity index (χ3n) is 3.54. The molecule has 0 spiro atoms. The molecule has 0 aliphatic carbocycles. The average Bonchev–Trinajstić information content (AvgIpc) is 3.32. The number of esters is 1. The van der Waals surface area contributed by atoms with Gasteiger partial charge in [-0.05, 0) is 12.1 Å². The molecule has 0 aliphatic heterocycles. The zero-order valence-corrected chi connectivity index (χ0v) is 15.3. The summed E-state index contributed by atoms with van der Waals surface area (Å²) in [5.74, 6) is -0.186. The van der Waals surface area contributed by atoms with Crippen LogP contribution < -0.4 is 0 Å². The maximum Gasteiger partial charge on any atom is 0.316 e. The van der Waals surface area contributed by atoms with E-state index in [-0.39, 0.29) is 18.3 Å². The van der Waals surface area contributed by atoms with E-state index in [1.54, 1.807) is 0 Å². The number of hydrogen-bond donors (Lipinski definition) is 0. The number of ether oxygens (including phenoxy) is 1. The molecule has 0 N–H and O–H groups in total. The quantitative estimate of drug-likeness (QED) is 0.353. The minimum atomic E-state index is -0.327. The number of hydrogen-bond acceptors (Lipinski definition) is 7. The number of carbonyl (C=O) groups excluding carboxylic acids is 1. The summed E-state index contributed by atoms with van der Waals surface area (Å²) in [5, 5.41) is 3.28. The number of thiazole rings is 1. The first-order valence-corrected chi connectivity index (χ1v) is 9.78. The van der Waals surface area contributed by atoms with Crippen LogP contribution in [0, 0.1) is 0 Å². The van der Waals surface area contributed by atoms with Crippen molar-refractivity contribution >= 4 is 40.2 Å². The third-order valence-corrected chi connectivity index (χ3v) is 5.28. The van der Waals surface area contributed by atoms with Gasteiger partial charge in [-0.2, -0.15) is 0 Å². The Hall–Kier alpha value is -2.64. The molecule has 2 heterocycles. The Labute approximate surface area is 158 Å². The van der Waals surface area contributed by atoms with Crippen molar-refractivity contribution in [3.63, 3.8) is 0 Å². The summed E-state index contributed by atoms with van der Waals surface area (Å²) in [6.45, 7) is 0.163. The Bertz CT molecular complexity index is 994. The minimum absolute atomic E-state index is 0.141. The molecule has 0 unspecified atom stereocenters. The predicted octanol–water partition coefficient (Wildman–Crippen LogP) is 4.79. The molecule has 7 heteroatoms. The van der Waals surface area contributed by atoms with Gasteiger partial charge in [0.15, 0.2) is 5.58 Å². The van der Waals surface area contributed by atoms with E-state index in [1.807, 2.05) is 60.0 Å². The van der Waals surface area contributed by atoms with Gasteiger partial charge in [0.05, 0.1) is 5.69 Å². The van der Waals surface area contributed by atoms with Gasteiger partial charge < -0.3 is 9.15 Å². The number of aromatic nitrogens is 2. The molecule has 2 aromatic heterocycles. The minimum Gasteiger partial charge on any atom is -0.459 e. The highest BCUT2D eigenvalue weighted by Gasteiger charge is 2.11. The number of oxazole rings is 1. The topological polar surface area (TPSA) is 65.2 Å². The summed E-state index contributed by atoms with van der Waals surface area (Å²) in [7, 11) is 0. The lowest BCUT2D eigenvalue weighted by Crippen LogP contribution is -2.07. The summed E-state index contributed by atoms with van der Waals surface area (Å²) in [5.41, 5.74) is 3.29. The van der Waals surface area contributed by atoms with Crippen LogP contribution in [0.4, 0.5) is 0 Å². The largest absolute Gasteiger partial charge is 0.459 e. The number of para-hydroxylation sites is 2. The molecule has 0 bridgehead atoms. The molecular weight excluding hydrogens is 368 g/mol. The Morgan fingerprint density at radius 1 is 1.08 bits per heavy atom. The van der Waals surface area contributed by atoms with Gasteiger partial charge in [0.2, 0.25) is 0 Å². The van der Waals surface area contributed by atoms with Crippen molar-refractivity contribution in [1.29, 1.82) is 0 Å². The SMILES string of the molecule is O=C(CSc1nc2ccccc2o1)OCc1csc(-c2ccccc2)n1. The fourth-order valence-electron chi connectivity index (χ4n) is 2.32. The van der Waals surface area contributed by atoms with E-state index < -0.39 is 0 Å². The molecule has 0 radical (unpaired) electrons. The van der Waals surface area contributed by atoms with Crippen LogP contribution in [0.25, 0.3) is 21.7 Å². The van der Waals surface area contributed by atoms with E-state index in [1.165, 1.54) is 23.1 Å². The van der Waals surface area contributed by atoms with E-state index in [0.717, 1.165) is 21.8 Å². The monoisotopic (exact) mass is 382 g/mol. The molecule has 4 rings (SSSR count). The van der Waals surface area contributed by atoms with Crippen LogP contribution in [0.2, 0.25) is 0 Å². The van der Waals surface area contributed by atoms with Crippen molar-refractivity contribution in [2.75, 3.05) is 5.75 Å². The Kier molecular flexibility index (Phi) is 4.99.